The van der Waals surface area contributed by atoms with Gasteiger partial charge in [-0.25, -0.2) is 8.42 Å². The molecule has 0 fully saturated rings. The Balaban J connectivity index is 2.26. The van der Waals surface area contributed by atoms with E-state index < -0.39 is 10.0 Å². The topological polar surface area (TPSA) is 72.2 Å². The van der Waals surface area contributed by atoms with Crippen LogP contribution in [0.3, 0.4) is 0 Å². The smallest absolute Gasteiger partial charge is 0.237 e. The third-order valence-corrected chi connectivity index (χ3v) is 4.62. The van der Waals surface area contributed by atoms with E-state index in [1.54, 1.807) is 24.3 Å². The zero-order valence-corrected chi connectivity index (χ0v) is 13.7. The van der Waals surface area contributed by atoms with Crippen LogP contribution in [0.4, 0.5) is 11.4 Å². The van der Waals surface area contributed by atoms with Crippen LogP contribution >= 0.6 is 34.8 Å². The lowest BCUT2D eigenvalue weighted by atomic mass is 10.2. The predicted molar refractivity (Wildman–Crippen MR) is 88.6 cm³/mol. The molecule has 0 heterocycles. The molecule has 0 aliphatic carbocycles. The molecule has 0 saturated heterocycles. The van der Waals surface area contributed by atoms with Crippen molar-refractivity contribution in [1.82, 2.24) is 0 Å². The van der Waals surface area contributed by atoms with Gasteiger partial charge in [-0.15, -0.1) is 0 Å². The number of sulfonamides is 1. The first-order chi connectivity index (χ1) is 9.77. The Morgan fingerprint density at radius 1 is 1.05 bits per heavy atom. The summed E-state index contributed by atoms with van der Waals surface area (Å²) < 4.78 is 26.7. The minimum Gasteiger partial charge on any atom is -0.399 e. The Labute approximate surface area is 137 Å². The molecule has 0 radical (unpaired) electrons. The number of halogens is 3. The number of nitrogens with two attached hydrogens (primary N) is 1. The molecule has 3 N–H and O–H groups in total. The van der Waals surface area contributed by atoms with Crippen molar-refractivity contribution >= 4 is 56.2 Å². The second kappa shape index (κ2) is 6.32. The normalized spacial score (nSPS) is 11.4. The summed E-state index contributed by atoms with van der Waals surface area (Å²) in [5.74, 6) is -0.243. The van der Waals surface area contributed by atoms with Gasteiger partial charge in [0.25, 0.3) is 0 Å². The predicted octanol–water partition coefficient (Wildman–Crippen LogP) is 4.17. The summed E-state index contributed by atoms with van der Waals surface area (Å²) in [6, 6.07) is 9.44. The zero-order chi connectivity index (χ0) is 15.6. The third kappa shape index (κ3) is 4.41. The van der Waals surface area contributed by atoms with Gasteiger partial charge in [0.05, 0.1) is 21.5 Å². The van der Waals surface area contributed by atoms with Crippen molar-refractivity contribution < 1.29 is 8.42 Å². The number of nitrogen functional groups attached to an aromatic ring is 1. The van der Waals surface area contributed by atoms with Gasteiger partial charge >= 0.3 is 0 Å². The summed E-state index contributed by atoms with van der Waals surface area (Å²) >= 11 is 17.7. The molecule has 0 amide bonds. The van der Waals surface area contributed by atoms with Crippen LogP contribution in [0.15, 0.2) is 36.4 Å². The summed E-state index contributed by atoms with van der Waals surface area (Å²) in [7, 11) is -3.68. The molecule has 0 atom stereocenters. The fraction of sp³-hybridized carbons (Fsp3) is 0.0769. The van der Waals surface area contributed by atoms with Crippen molar-refractivity contribution in [1.29, 1.82) is 0 Å². The molecule has 21 heavy (non-hydrogen) atoms. The maximum atomic E-state index is 12.2. The maximum Gasteiger partial charge on any atom is 0.237 e. The number of rotatable bonds is 4. The number of hydrogen-bond acceptors (Lipinski definition) is 3. The van der Waals surface area contributed by atoms with Gasteiger partial charge in [-0.2, -0.15) is 0 Å². The van der Waals surface area contributed by atoms with Gasteiger partial charge in [-0.3, -0.25) is 4.72 Å². The first-order valence-corrected chi connectivity index (χ1v) is 8.55. The van der Waals surface area contributed by atoms with E-state index in [2.05, 4.69) is 4.72 Å². The lowest BCUT2D eigenvalue weighted by Crippen LogP contribution is -2.15. The van der Waals surface area contributed by atoms with Crippen LogP contribution in [0.25, 0.3) is 0 Å². The van der Waals surface area contributed by atoms with E-state index in [9.17, 15) is 8.42 Å². The van der Waals surface area contributed by atoms with Crippen LogP contribution in [0.5, 0.6) is 0 Å². The fourth-order valence-corrected chi connectivity index (χ4v) is 3.98. The van der Waals surface area contributed by atoms with E-state index in [0.717, 1.165) is 0 Å². The van der Waals surface area contributed by atoms with Crippen LogP contribution < -0.4 is 10.5 Å². The molecule has 0 aliphatic rings. The van der Waals surface area contributed by atoms with Crippen molar-refractivity contribution in [3.8, 4) is 0 Å². The molecule has 2 aromatic carbocycles. The minimum atomic E-state index is -3.68. The van der Waals surface area contributed by atoms with Gasteiger partial charge in [-0.1, -0.05) is 46.9 Å². The van der Waals surface area contributed by atoms with Gasteiger partial charge in [0, 0.05) is 10.7 Å². The van der Waals surface area contributed by atoms with E-state index >= 15 is 0 Å². The van der Waals surface area contributed by atoms with Crippen LogP contribution in [0.1, 0.15) is 5.56 Å². The number of anilines is 2. The highest BCUT2D eigenvalue weighted by Crippen LogP contribution is 2.34. The summed E-state index contributed by atoms with van der Waals surface area (Å²) in [6.45, 7) is 0. The quantitative estimate of drug-likeness (QED) is 0.799. The van der Waals surface area contributed by atoms with Gasteiger partial charge in [-0.05, 0) is 29.8 Å². The van der Waals surface area contributed by atoms with Crippen molar-refractivity contribution in [2.75, 3.05) is 10.5 Å². The van der Waals surface area contributed by atoms with E-state index in [0.29, 0.717) is 16.3 Å². The minimum absolute atomic E-state index is 0.103. The second-order valence-corrected chi connectivity index (χ2v) is 7.32. The van der Waals surface area contributed by atoms with E-state index in [1.807, 2.05) is 0 Å². The standard InChI is InChI=1S/C13H11Cl3N2O2S/c14-9-5-11(15)13(12(16)6-9)18-21(19,20)7-8-2-1-3-10(17)4-8/h1-6,18H,7,17H2. The van der Waals surface area contributed by atoms with E-state index in [-0.39, 0.29) is 21.5 Å². The number of nitrogens with one attached hydrogen (secondary N) is 1. The molecule has 4 nitrogen and oxygen atoms in total. The zero-order valence-electron chi connectivity index (χ0n) is 10.6. The van der Waals surface area contributed by atoms with Crippen LogP contribution in [0.2, 0.25) is 15.1 Å². The Morgan fingerprint density at radius 3 is 2.24 bits per heavy atom. The molecule has 0 aromatic heterocycles. The van der Waals surface area contributed by atoms with Crippen molar-refractivity contribution in [2.24, 2.45) is 0 Å². The molecule has 112 valence electrons. The van der Waals surface area contributed by atoms with Gasteiger partial charge in [0.1, 0.15) is 0 Å². The molecule has 0 bridgehead atoms. The van der Waals surface area contributed by atoms with E-state index in [4.69, 9.17) is 40.5 Å². The van der Waals surface area contributed by atoms with Crippen molar-refractivity contribution in [3.63, 3.8) is 0 Å². The van der Waals surface area contributed by atoms with Gasteiger partial charge < -0.3 is 5.73 Å². The Morgan fingerprint density at radius 2 is 1.67 bits per heavy atom. The maximum absolute atomic E-state index is 12.2. The largest absolute Gasteiger partial charge is 0.399 e. The van der Waals surface area contributed by atoms with Crippen LogP contribution in [0, 0.1) is 0 Å². The first-order valence-electron chi connectivity index (χ1n) is 5.76. The monoisotopic (exact) mass is 364 g/mol. The molecule has 0 saturated carbocycles. The molecule has 0 aliphatic heterocycles. The lowest BCUT2D eigenvalue weighted by molar-refractivity contribution is 0.600. The van der Waals surface area contributed by atoms with E-state index in [1.165, 1.54) is 12.1 Å². The highest BCUT2D eigenvalue weighted by Gasteiger charge is 2.17. The SMILES string of the molecule is Nc1cccc(CS(=O)(=O)Nc2c(Cl)cc(Cl)cc2Cl)c1. The number of benzene rings is 2. The summed E-state index contributed by atoms with van der Waals surface area (Å²) in [4.78, 5) is 0. The molecule has 0 unspecified atom stereocenters. The summed E-state index contributed by atoms with van der Waals surface area (Å²) in [5, 5.41) is 0.580. The average molecular weight is 366 g/mol. The highest BCUT2D eigenvalue weighted by molar-refractivity contribution is 7.91. The van der Waals surface area contributed by atoms with Crippen molar-refractivity contribution in [3.05, 3.63) is 57.0 Å². The summed E-state index contributed by atoms with van der Waals surface area (Å²) in [5.41, 5.74) is 6.78. The molecular formula is C13H11Cl3N2O2S. The molecule has 2 rings (SSSR count). The van der Waals surface area contributed by atoms with Crippen LogP contribution in [-0.2, 0) is 15.8 Å². The fourth-order valence-electron chi connectivity index (χ4n) is 1.73. The first kappa shape index (κ1) is 16.2. The Hall–Kier alpha value is -1.14. The lowest BCUT2D eigenvalue weighted by Gasteiger charge is -2.12. The summed E-state index contributed by atoms with van der Waals surface area (Å²) in [6.07, 6.45) is 0. The Bertz CT molecular complexity index is 756. The average Bonchev–Trinajstić information content (AvgIpc) is 2.33. The molecule has 8 heteroatoms. The van der Waals surface area contributed by atoms with Gasteiger partial charge in [0.15, 0.2) is 0 Å². The van der Waals surface area contributed by atoms with Gasteiger partial charge in [0.2, 0.25) is 10.0 Å². The third-order valence-electron chi connectivity index (χ3n) is 2.57. The highest BCUT2D eigenvalue weighted by atomic mass is 35.5. The molecule has 2 aromatic rings. The second-order valence-electron chi connectivity index (χ2n) is 4.35. The molecular weight excluding hydrogens is 355 g/mol. The molecule has 0 spiro atoms. The number of hydrogen-bond donors (Lipinski definition) is 2. The Kier molecular flexibility index (Phi) is 4.88. The van der Waals surface area contributed by atoms with Crippen LogP contribution in [-0.4, -0.2) is 8.42 Å². The van der Waals surface area contributed by atoms with Crippen molar-refractivity contribution in [2.45, 2.75) is 5.75 Å².